The Labute approximate surface area is 118 Å². The summed E-state index contributed by atoms with van der Waals surface area (Å²) in [4.78, 5) is 13.6. The fourth-order valence-electron chi connectivity index (χ4n) is 2.22. The van der Waals surface area contributed by atoms with Gasteiger partial charge in [-0.3, -0.25) is 15.1 Å². The molecule has 1 N–H and O–H groups in total. The van der Waals surface area contributed by atoms with Crippen LogP contribution in [0.25, 0.3) is 0 Å². The molecule has 0 aliphatic carbocycles. The maximum atomic E-state index is 12.0. The van der Waals surface area contributed by atoms with Crippen LogP contribution in [0.3, 0.4) is 0 Å². The summed E-state index contributed by atoms with van der Waals surface area (Å²) in [5.41, 5.74) is 3.23. The number of rotatable bonds is 3. The van der Waals surface area contributed by atoms with Gasteiger partial charge in [0.25, 0.3) is 0 Å². The molecule has 0 atom stereocenters. The van der Waals surface area contributed by atoms with Gasteiger partial charge in [0.1, 0.15) is 0 Å². The van der Waals surface area contributed by atoms with E-state index in [4.69, 9.17) is 5.41 Å². The maximum Gasteiger partial charge on any atom is 0.243 e. The number of hydrogen-bond donors (Lipinski definition) is 1. The van der Waals surface area contributed by atoms with Gasteiger partial charge in [0.15, 0.2) is 5.17 Å². The molecule has 1 fully saturated rings. The van der Waals surface area contributed by atoms with E-state index in [0.717, 1.165) is 11.3 Å². The summed E-state index contributed by atoms with van der Waals surface area (Å²) in [6.45, 7) is 8.51. The van der Waals surface area contributed by atoms with Gasteiger partial charge in [-0.2, -0.15) is 0 Å². The van der Waals surface area contributed by atoms with Crippen molar-refractivity contribution in [2.24, 2.45) is 0 Å². The SMILES string of the molecule is CC(C)c1ccc(C(C)C)c(N2C(=N)SCC2=O)c1. The van der Waals surface area contributed by atoms with E-state index < -0.39 is 0 Å². The van der Waals surface area contributed by atoms with Crippen LogP contribution >= 0.6 is 11.8 Å². The fraction of sp³-hybridized carbons (Fsp3) is 0.467. The first kappa shape index (κ1) is 14.1. The van der Waals surface area contributed by atoms with E-state index in [2.05, 4.69) is 45.9 Å². The van der Waals surface area contributed by atoms with Gasteiger partial charge >= 0.3 is 0 Å². The van der Waals surface area contributed by atoms with Gasteiger partial charge in [-0.05, 0) is 29.0 Å². The highest BCUT2D eigenvalue weighted by atomic mass is 32.2. The number of nitrogens with zero attached hydrogens (tertiary/aromatic N) is 1. The third-order valence-corrected chi connectivity index (χ3v) is 4.22. The Morgan fingerprint density at radius 1 is 1.21 bits per heavy atom. The van der Waals surface area contributed by atoms with E-state index in [-0.39, 0.29) is 5.91 Å². The van der Waals surface area contributed by atoms with Gasteiger partial charge in [0.05, 0.1) is 11.4 Å². The molecule has 2 rings (SSSR count). The normalized spacial score (nSPS) is 16.0. The number of carbonyl (C=O) groups is 1. The lowest BCUT2D eigenvalue weighted by molar-refractivity contribution is -0.115. The van der Waals surface area contributed by atoms with E-state index in [0.29, 0.717) is 22.8 Å². The average molecular weight is 276 g/mol. The predicted molar refractivity (Wildman–Crippen MR) is 82.3 cm³/mol. The molecule has 19 heavy (non-hydrogen) atoms. The van der Waals surface area contributed by atoms with Crippen LogP contribution in [0.1, 0.15) is 50.7 Å². The van der Waals surface area contributed by atoms with Crippen molar-refractivity contribution in [1.82, 2.24) is 0 Å². The first-order chi connectivity index (χ1) is 8.91. The molecule has 4 heteroatoms. The third kappa shape index (κ3) is 2.68. The molecule has 0 unspecified atom stereocenters. The molecule has 0 bridgehead atoms. The fourth-order valence-corrected chi connectivity index (χ4v) is 2.94. The molecule has 3 nitrogen and oxygen atoms in total. The summed E-state index contributed by atoms with van der Waals surface area (Å²) in [6, 6.07) is 6.29. The van der Waals surface area contributed by atoms with E-state index in [9.17, 15) is 4.79 Å². The lowest BCUT2D eigenvalue weighted by Gasteiger charge is -2.22. The van der Waals surface area contributed by atoms with Gasteiger partial charge < -0.3 is 0 Å². The van der Waals surface area contributed by atoms with Gasteiger partial charge in [-0.1, -0.05) is 51.6 Å². The summed E-state index contributed by atoms with van der Waals surface area (Å²) in [5.74, 6) is 1.14. The Morgan fingerprint density at radius 3 is 2.37 bits per heavy atom. The number of anilines is 1. The van der Waals surface area contributed by atoms with Gasteiger partial charge in [0.2, 0.25) is 5.91 Å². The summed E-state index contributed by atoms with van der Waals surface area (Å²) in [7, 11) is 0. The predicted octanol–water partition coefficient (Wildman–Crippen LogP) is 3.95. The number of hydrogen-bond acceptors (Lipinski definition) is 3. The van der Waals surface area contributed by atoms with Crippen LogP contribution in [0.2, 0.25) is 0 Å². The van der Waals surface area contributed by atoms with Gasteiger partial charge in [-0.25, -0.2) is 0 Å². The molecule has 1 heterocycles. The minimum absolute atomic E-state index is 0.0119. The minimum atomic E-state index is 0.0119. The molecule has 1 aliphatic heterocycles. The standard InChI is InChI=1S/C15H20N2OS/c1-9(2)11-5-6-12(10(3)4)13(7-11)17-14(18)8-19-15(17)16/h5-7,9-10,16H,8H2,1-4H3. The zero-order chi connectivity index (χ0) is 14.2. The van der Waals surface area contributed by atoms with Crippen molar-refractivity contribution in [3.8, 4) is 0 Å². The van der Waals surface area contributed by atoms with Crippen molar-refractivity contribution in [3.05, 3.63) is 29.3 Å². The van der Waals surface area contributed by atoms with Crippen molar-refractivity contribution in [2.45, 2.75) is 39.5 Å². The minimum Gasteiger partial charge on any atom is -0.278 e. The lowest BCUT2D eigenvalue weighted by atomic mass is 9.94. The van der Waals surface area contributed by atoms with Crippen LogP contribution in [0.15, 0.2) is 18.2 Å². The zero-order valence-corrected chi connectivity index (χ0v) is 12.7. The van der Waals surface area contributed by atoms with Crippen molar-refractivity contribution in [3.63, 3.8) is 0 Å². The molecule has 0 saturated carbocycles. The van der Waals surface area contributed by atoms with E-state index in [1.807, 2.05) is 0 Å². The van der Waals surface area contributed by atoms with Crippen LogP contribution in [-0.4, -0.2) is 16.8 Å². The summed E-state index contributed by atoms with van der Waals surface area (Å²) < 4.78 is 0. The van der Waals surface area contributed by atoms with Gasteiger partial charge in [-0.15, -0.1) is 0 Å². The van der Waals surface area contributed by atoms with Crippen LogP contribution < -0.4 is 4.90 Å². The summed E-state index contributed by atoms with van der Waals surface area (Å²) in [6.07, 6.45) is 0. The topological polar surface area (TPSA) is 44.2 Å². The third-order valence-electron chi connectivity index (χ3n) is 3.37. The van der Waals surface area contributed by atoms with Crippen LogP contribution in [-0.2, 0) is 4.79 Å². The average Bonchev–Trinajstić information content (AvgIpc) is 2.68. The Balaban J connectivity index is 2.54. The Hall–Kier alpha value is -1.29. The quantitative estimate of drug-likeness (QED) is 0.908. The molecule has 1 aromatic rings. The Bertz CT molecular complexity index is 507. The first-order valence-corrected chi connectivity index (χ1v) is 7.58. The number of carbonyl (C=O) groups excluding carboxylic acids is 1. The van der Waals surface area contributed by atoms with Crippen molar-refractivity contribution < 1.29 is 4.79 Å². The second kappa shape index (κ2) is 5.37. The van der Waals surface area contributed by atoms with E-state index in [1.165, 1.54) is 17.3 Å². The van der Waals surface area contributed by atoms with E-state index >= 15 is 0 Å². The van der Waals surface area contributed by atoms with Crippen molar-refractivity contribution in [1.29, 1.82) is 5.41 Å². The zero-order valence-electron chi connectivity index (χ0n) is 11.9. The van der Waals surface area contributed by atoms with Crippen LogP contribution in [0.4, 0.5) is 5.69 Å². The van der Waals surface area contributed by atoms with Crippen LogP contribution in [0, 0.1) is 5.41 Å². The molecule has 1 saturated heterocycles. The summed E-state index contributed by atoms with van der Waals surface area (Å²) >= 11 is 1.30. The number of nitrogens with one attached hydrogen (secondary N) is 1. The highest BCUT2D eigenvalue weighted by Crippen LogP contribution is 2.35. The molecule has 0 spiro atoms. The maximum absolute atomic E-state index is 12.0. The number of amidine groups is 1. The van der Waals surface area contributed by atoms with Crippen molar-refractivity contribution in [2.75, 3.05) is 10.7 Å². The largest absolute Gasteiger partial charge is 0.278 e. The number of amides is 1. The Kier molecular flexibility index (Phi) is 3.99. The molecule has 1 aromatic carbocycles. The van der Waals surface area contributed by atoms with Gasteiger partial charge in [0, 0.05) is 0 Å². The highest BCUT2D eigenvalue weighted by molar-refractivity contribution is 8.15. The molecule has 1 amide bonds. The van der Waals surface area contributed by atoms with E-state index in [1.54, 1.807) is 4.90 Å². The molecule has 102 valence electrons. The molecule has 0 radical (unpaired) electrons. The van der Waals surface area contributed by atoms with Crippen molar-refractivity contribution >= 4 is 28.5 Å². The second-order valence-electron chi connectivity index (χ2n) is 5.45. The highest BCUT2D eigenvalue weighted by Gasteiger charge is 2.30. The van der Waals surface area contributed by atoms with Crippen LogP contribution in [0.5, 0.6) is 0 Å². The monoisotopic (exact) mass is 276 g/mol. The first-order valence-electron chi connectivity index (χ1n) is 6.60. The number of thioether (sulfide) groups is 1. The second-order valence-corrected chi connectivity index (χ2v) is 6.41. The summed E-state index contributed by atoms with van der Waals surface area (Å²) in [5, 5.41) is 8.30. The lowest BCUT2D eigenvalue weighted by Crippen LogP contribution is -2.29. The smallest absolute Gasteiger partial charge is 0.243 e. The number of benzene rings is 1. The Morgan fingerprint density at radius 2 is 1.89 bits per heavy atom. The molecule has 1 aliphatic rings. The molecule has 0 aromatic heterocycles. The molecular formula is C15H20N2OS. The molecular weight excluding hydrogens is 256 g/mol.